The first-order chi connectivity index (χ1) is 7.43. The van der Waals surface area contributed by atoms with Crippen LogP contribution in [0.2, 0.25) is 0 Å². The monoisotopic (exact) mass is 200 g/mol. The fraction of sp³-hybridized carbons (Fsp3) is 0.167. The van der Waals surface area contributed by atoms with Crippen LogP contribution in [0.25, 0.3) is 11.0 Å². The molecule has 1 aromatic heterocycles. The van der Waals surface area contributed by atoms with E-state index in [-0.39, 0.29) is 0 Å². The van der Waals surface area contributed by atoms with E-state index in [1.165, 1.54) is 0 Å². The van der Waals surface area contributed by atoms with Gasteiger partial charge < -0.3 is 9.32 Å². The standard InChI is InChI=1S/C12H12N2O/c1-2-5-11-10(4-1)8-12(15-11)14-7-3-6-13-9-14/h1-5,7-8,13H,6,9H2. The number of nitrogens with one attached hydrogen (secondary N) is 1. The highest BCUT2D eigenvalue weighted by atomic mass is 16.4. The Morgan fingerprint density at radius 3 is 3.00 bits per heavy atom. The molecule has 3 nitrogen and oxygen atoms in total. The number of fused-ring (bicyclic) bond motifs is 1. The van der Waals surface area contributed by atoms with Crippen molar-refractivity contribution >= 4 is 16.9 Å². The van der Waals surface area contributed by atoms with E-state index >= 15 is 0 Å². The first-order valence-corrected chi connectivity index (χ1v) is 5.06. The summed E-state index contributed by atoms with van der Waals surface area (Å²) in [5, 5.41) is 4.40. The third-order valence-electron chi connectivity index (χ3n) is 2.53. The third-order valence-corrected chi connectivity index (χ3v) is 2.53. The molecule has 0 saturated heterocycles. The fourth-order valence-electron chi connectivity index (χ4n) is 1.76. The summed E-state index contributed by atoms with van der Waals surface area (Å²) >= 11 is 0. The highest BCUT2D eigenvalue weighted by Crippen LogP contribution is 2.25. The maximum absolute atomic E-state index is 5.74. The van der Waals surface area contributed by atoms with E-state index in [0.717, 1.165) is 30.1 Å². The van der Waals surface area contributed by atoms with Gasteiger partial charge in [0.2, 0.25) is 5.88 Å². The maximum Gasteiger partial charge on any atom is 0.201 e. The largest absolute Gasteiger partial charge is 0.440 e. The molecule has 76 valence electrons. The number of anilines is 1. The van der Waals surface area contributed by atoms with Crippen LogP contribution in [0, 0.1) is 0 Å². The molecule has 1 aromatic carbocycles. The van der Waals surface area contributed by atoms with Crippen molar-refractivity contribution in [1.82, 2.24) is 5.32 Å². The summed E-state index contributed by atoms with van der Waals surface area (Å²) < 4.78 is 5.74. The lowest BCUT2D eigenvalue weighted by Crippen LogP contribution is -2.33. The average Bonchev–Trinajstić information content (AvgIpc) is 2.74. The van der Waals surface area contributed by atoms with Crippen LogP contribution >= 0.6 is 0 Å². The molecule has 0 atom stereocenters. The molecule has 1 aliphatic rings. The van der Waals surface area contributed by atoms with Crippen molar-refractivity contribution in [2.24, 2.45) is 0 Å². The highest BCUT2D eigenvalue weighted by molar-refractivity contribution is 5.81. The Morgan fingerprint density at radius 1 is 1.27 bits per heavy atom. The van der Waals surface area contributed by atoms with Gasteiger partial charge in [-0.2, -0.15) is 0 Å². The lowest BCUT2D eigenvalue weighted by molar-refractivity contribution is 0.584. The smallest absolute Gasteiger partial charge is 0.201 e. The van der Waals surface area contributed by atoms with Crippen LogP contribution in [-0.4, -0.2) is 13.2 Å². The Kier molecular flexibility index (Phi) is 1.96. The molecule has 2 heterocycles. The van der Waals surface area contributed by atoms with Gasteiger partial charge in [-0.05, 0) is 6.07 Å². The minimum Gasteiger partial charge on any atom is -0.440 e. The number of furan rings is 1. The summed E-state index contributed by atoms with van der Waals surface area (Å²) in [6.45, 7) is 1.73. The normalized spacial score (nSPS) is 16.1. The predicted molar refractivity (Wildman–Crippen MR) is 60.7 cm³/mol. The zero-order valence-electron chi connectivity index (χ0n) is 8.31. The molecule has 0 saturated carbocycles. The van der Waals surface area contributed by atoms with Gasteiger partial charge in [0.05, 0.1) is 6.67 Å². The van der Waals surface area contributed by atoms with Gasteiger partial charge in [0.25, 0.3) is 0 Å². The van der Waals surface area contributed by atoms with E-state index < -0.39 is 0 Å². The van der Waals surface area contributed by atoms with Crippen molar-refractivity contribution in [2.45, 2.75) is 0 Å². The maximum atomic E-state index is 5.74. The lowest BCUT2D eigenvalue weighted by Gasteiger charge is -2.20. The lowest BCUT2D eigenvalue weighted by atomic mass is 10.2. The van der Waals surface area contributed by atoms with Crippen molar-refractivity contribution in [1.29, 1.82) is 0 Å². The summed E-state index contributed by atoms with van der Waals surface area (Å²) in [5.41, 5.74) is 0.937. The van der Waals surface area contributed by atoms with Gasteiger partial charge in [0.15, 0.2) is 0 Å². The highest BCUT2D eigenvalue weighted by Gasteiger charge is 2.10. The number of rotatable bonds is 1. The minimum atomic E-state index is 0.802. The van der Waals surface area contributed by atoms with Gasteiger partial charge in [0.1, 0.15) is 5.58 Å². The van der Waals surface area contributed by atoms with Crippen molar-refractivity contribution < 1.29 is 4.42 Å². The van der Waals surface area contributed by atoms with E-state index in [9.17, 15) is 0 Å². The second-order valence-corrected chi connectivity index (χ2v) is 3.59. The molecule has 3 rings (SSSR count). The van der Waals surface area contributed by atoms with Gasteiger partial charge in [0, 0.05) is 24.2 Å². The number of hydrogen-bond acceptors (Lipinski definition) is 3. The SMILES string of the molecule is C1=CN(c2cc3ccccc3o2)CNC1. The summed E-state index contributed by atoms with van der Waals surface area (Å²) in [5.74, 6) is 0.889. The first-order valence-electron chi connectivity index (χ1n) is 5.06. The Labute approximate surface area is 88.0 Å². The fourth-order valence-corrected chi connectivity index (χ4v) is 1.76. The molecule has 1 aliphatic heterocycles. The minimum absolute atomic E-state index is 0.802. The number of para-hydroxylation sites is 1. The van der Waals surface area contributed by atoms with Crippen molar-refractivity contribution in [2.75, 3.05) is 18.1 Å². The van der Waals surface area contributed by atoms with E-state index in [1.54, 1.807) is 0 Å². The van der Waals surface area contributed by atoms with Crippen LogP contribution in [-0.2, 0) is 0 Å². The Balaban J connectivity index is 2.03. The van der Waals surface area contributed by atoms with E-state index in [1.807, 2.05) is 24.4 Å². The summed E-state index contributed by atoms with van der Waals surface area (Å²) in [4.78, 5) is 2.06. The molecule has 0 bridgehead atoms. The zero-order chi connectivity index (χ0) is 10.1. The van der Waals surface area contributed by atoms with Crippen LogP contribution in [0.4, 0.5) is 5.88 Å². The topological polar surface area (TPSA) is 28.4 Å². The molecule has 0 aliphatic carbocycles. The van der Waals surface area contributed by atoms with Crippen LogP contribution in [0.3, 0.4) is 0 Å². The molecule has 2 aromatic rings. The summed E-state index contributed by atoms with van der Waals surface area (Å²) in [6.07, 6.45) is 4.13. The van der Waals surface area contributed by atoms with Gasteiger partial charge in [-0.25, -0.2) is 0 Å². The summed E-state index contributed by atoms with van der Waals surface area (Å²) in [7, 11) is 0. The van der Waals surface area contributed by atoms with E-state index in [4.69, 9.17) is 4.42 Å². The van der Waals surface area contributed by atoms with Gasteiger partial charge in [-0.3, -0.25) is 5.32 Å². The molecule has 0 unspecified atom stereocenters. The summed E-state index contributed by atoms with van der Waals surface area (Å²) in [6, 6.07) is 10.1. The van der Waals surface area contributed by atoms with E-state index in [0.29, 0.717) is 0 Å². The number of hydrogen-bond donors (Lipinski definition) is 1. The zero-order valence-corrected chi connectivity index (χ0v) is 8.31. The van der Waals surface area contributed by atoms with Crippen molar-refractivity contribution in [3.63, 3.8) is 0 Å². The molecule has 0 fully saturated rings. The second-order valence-electron chi connectivity index (χ2n) is 3.59. The second kappa shape index (κ2) is 3.44. The molecular weight excluding hydrogens is 188 g/mol. The third kappa shape index (κ3) is 1.51. The Hall–Kier alpha value is -1.74. The van der Waals surface area contributed by atoms with Crippen LogP contribution in [0.15, 0.2) is 47.0 Å². The Morgan fingerprint density at radius 2 is 2.20 bits per heavy atom. The average molecular weight is 200 g/mol. The molecule has 0 amide bonds. The van der Waals surface area contributed by atoms with Gasteiger partial charge in [-0.15, -0.1) is 0 Å². The van der Waals surface area contributed by atoms with Gasteiger partial charge >= 0.3 is 0 Å². The Bertz CT molecular complexity index is 468. The quantitative estimate of drug-likeness (QED) is 0.765. The van der Waals surface area contributed by atoms with Crippen LogP contribution in [0.1, 0.15) is 0 Å². The molecular formula is C12H12N2O. The van der Waals surface area contributed by atoms with Gasteiger partial charge in [-0.1, -0.05) is 24.3 Å². The predicted octanol–water partition coefficient (Wildman–Crippen LogP) is 2.31. The molecule has 0 spiro atoms. The van der Waals surface area contributed by atoms with Crippen LogP contribution in [0.5, 0.6) is 0 Å². The van der Waals surface area contributed by atoms with Crippen LogP contribution < -0.4 is 10.2 Å². The first kappa shape index (κ1) is 8.56. The number of nitrogens with zero attached hydrogens (tertiary/aromatic N) is 1. The van der Waals surface area contributed by atoms with Crippen molar-refractivity contribution in [3.8, 4) is 0 Å². The van der Waals surface area contributed by atoms with E-state index in [2.05, 4.69) is 28.4 Å². The molecule has 15 heavy (non-hydrogen) atoms. The molecule has 3 heteroatoms. The molecule has 1 N–H and O–H groups in total. The number of benzene rings is 1. The van der Waals surface area contributed by atoms with Crippen molar-refractivity contribution in [3.05, 3.63) is 42.6 Å². The molecule has 0 radical (unpaired) electrons.